The number of aliphatic hydroxyl groups is 1. The topological polar surface area (TPSA) is 109 Å². The number of aryl methyl sites for hydroxylation is 2. The number of ether oxygens (including phenoxy) is 2. The van der Waals surface area contributed by atoms with Gasteiger partial charge in [0.2, 0.25) is 15.9 Å². The molecule has 1 saturated heterocycles. The van der Waals surface area contributed by atoms with E-state index in [1.807, 2.05) is 6.07 Å². The minimum Gasteiger partial charge on any atom is -0.497 e. The van der Waals surface area contributed by atoms with Gasteiger partial charge in [0.05, 0.1) is 24.2 Å². The van der Waals surface area contributed by atoms with E-state index < -0.39 is 15.6 Å². The molecule has 0 bridgehead atoms. The van der Waals surface area contributed by atoms with Crippen molar-refractivity contribution in [1.29, 1.82) is 0 Å². The third-order valence-electron chi connectivity index (χ3n) is 7.01. The number of aromatic nitrogens is 1. The number of carbonyl (C=O) groups excluding carboxylic acids is 1. The van der Waals surface area contributed by atoms with E-state index in [1.54, 1.807) is 56.4 Å². The first kappa shape index (κ1) is 26.5. The van der Waals surface area contributed by atoms with Gasteiger partial charge in [0, 0.05) is 43.6 Å². The smallest absolute Gasteiger partial charge is 0.248 e. The van der Waals surface area contributed by atoms with Crippen molar-refractivity contribution in [1.82, 2.24) is 14.2 Å². The molecule has 1 aromatic heterocycles. The Bertz CT molecular complexity index is 1150. The molecule has 0 unspecified atom stereocenters. The lowest BCUT2D eigenvalue weighted by molar-refractivity contribution is -0.140. The van der Waals surface area contributed by atoms with Crippen LogP contribution in [0.3, 0.4) is 0 Å². The summed E-state index contributed by atoms with van der Waals surface area (Å²) in [5.74, 6) is 0.464. The summed E-state index contributed by atoms with van der Waals surface area (Å²) in [6, 6.07) is 7.06. The highest BCUT2D eigenvalue weighted by molar-refractivity contribution is 7.89. The zero-order valence-corrected chi connectivity index (χ0v) is 22.0. The Labute approximate surface area is 213 Å². The first-order chi connectivity index (χ1) is 17.2. The largest absolute Gasteiger partial charge is 0.497 e. The molecule has 2 aliphatic rings. The highest BCUT2D eigenvalue weighted by atomic mass is 32.2. The number of hydrogen-bond donors (Lipinski definition) is 1. The van der Waals surface area contributed by atoms with Crippen LogP contribution in [0.5, 0.6) is 5.75 Å². The Balaban J connectivity index is 1.30. The SMILES string of the molecule is COc1cc(C)c(S(=O)(=O)N(CCOCC(=O)N2CCC(O)(c3cccnc3)CC2)C2CC2)c(C)c1. The fourth-order valence-electron chi connectivity index (χ4n) is 4.87. The first-order valence-electron chi connectivity index (χ1n) is 12.3. The van der Waals surface area contributed by atoms with Crippen molar-refractivity contribution in [2.75, 3.05) is 40.0 Å². The third-order valence-corrected chi connectivity index (χ3v) is 9.27. The Morgan fingerprint density at radius 1 is 1.22 bits per heavy atom. The van der Waals surface area contributed by atoms with Crippen LogP contribution < -0.4 is 4.74 Å². The van der Waals surface area contributed by atoms with E-state index in [-0.39, 0.29) is 31.7 Å². The number of nitrogens with zero attached hydrogens (tertiary/aromatic N) is 3. The van der Waals surface area contributed by atoms with Gasteiger partial charge in [0.25, 0.3) is 0 Å². The summed E-state index contributed by atoms with van der Waals surface area (Å²) in [5, 5.41) is 10.9. The molecule has 1 aliphatic heterocycles. The van der Waals surface area contributed by atoms with Crippen LogP contribution in [0.1, 0.15) is 42.4 Å². The Morgan fingerprint density at radius 2 is 1.89 bits per heavy atom. The quantitative estimate of drug-likeness (QED) is 0.482. The van der Waals surface area contributed by atoms with Crippen LogP contribution >= 0.6 is 0 Å². The van der Waals surface area contributed by atoms with Gasteiger partial charge in [0.15, 0.2) is 0 Å². The molecule has 2 aromatic rings. The fraction of sp³-hybridized carbons (Fsp3) is 0.538. The summed E-state index contributed by atoms with van der Waals surface area (Å²) in [6.45, 7) is 4.59. The van der Waals surface area contributed by atoms with E-state index in [0.29, 0.717) is 47.7 Å². The second kappa shape index (κ2) is 10.8. The lowest BCUT2D eigenvalue weighted by atomic mass is 9.85. The van der Waals surface area contributed by atoms with E-state index in [1.165, 1.54) is 4.31 Å². The van der Waals surface area contributed by atoms with Gasteiger partial charge in [-0.3, -0.25) is 9.78 Å². The molecule has 10 heteroatoms. The predicted octanol–water partition coefficient (Wildman–Crippen LogP) is 2.39. The standard InChI is InChI=1S/C26H35N3O6S/c1-19-15-23(34-3)16-20(2)25(19)36(32,33)29(22-6-7-22)13-14-35-18-24(30)28-11-8-26(31,9-12-28)21-5-4-10-27-17-21/h4-5,10,15-17,22,31H,6-9,11-14,18H2,1-3H3. The average molecular weight is 518 g/mol. The summed E-state index contributed by atoms with van der Waals surface area (Å²) in [4.78, 5) is 18.7. The van der Waals surface area contributed by atoms with Crippen molar-refractivity contribution in [3.8, 4) is 5.75 Å². The van der Waals surface area contributed by atoms with E-state index in [9.17, 15) is 18.3 Å². The fourth-order valence-corrected chi connectivity index (χ4v) is 6.96. The number of benzene rings is 1. The molecule has 196 valence electrons. The lowest BCUT2D eigenvalue weighted by Crippen LogP contribution is -2.46. The molecule has 0 spiro atoms. The first-order valence-corrected chi connectivity index (χ1v) is 13.8. The van der Waals surface area contributed by atoms with Crippen molar-refractivity contribution in [2.45, 2.75) is 56.1 Å². The molecule has 36 heavy (non-hydrogen) atoms. The number of amides is 1. The van der Waals surface area contributed by atoms with Crippen LogP contribution in [0.4, 0.5) is 0 Å². The summed E-state index contributed by atoms with van der Waals surface area (Å²) in [7, 11) is -2.16. The van der Waals surface area contributed by atoms with Gasteiger partial charge in [-0.25, -0.2) is 8.42 Å². The van der Waals surface area contributed by atoms with Crippen molar-refractivity contribution in [3.05, 3.63) is 53.3 Å². The molecule has 2 heterocycles. The molecule has 2 fully saturated rings. The molecular formula is C26H35N3O6S. The third kappa shape index (κ3) is 5.72. The molecule has 1 N–H and O–H groups in total. The average Bonchev–Trinajstić information content (AvgIpc) is 3.69. The van der Waals surface area contributed by atoms with Crippen LogP contribution in [-0.2, 0) is 25.2 Å². The van der Waals surface area contributed by atoms with Gasteiger partial charge < -0.3 is 19.5 Å². The van der Waals surface area contributed by atoms with Gasteiger partial charge in [-0.1, -0.05) is 6.07 Å². The van der Waals surface area contributed by atoms with Gasteiger partial charge in [-0.15, -0.1) is 0 Å². The van der Waals surface area contributed by atoms with Gasteiger partial charge >= 0.3 is 0 Å². The number of piperidine rings is 1. The van der Waals surface area contributed by atoms with E-state index in [2.05, 4.69) is 4.98 Å². The van der Waals surface area contributed by atoms with Crippen LogP contribution in [0.2, 0.25) is 0 Å². The van der Waals surface area contributed by atoms with Crippen LogP contribution in [0.25, 0.3) is 0 Å². The van der Waals surface area contributed by atoms with Crippen LogP contribution in [-0.4, -0.2) is 79.6 Å². The molecule has 1 saturated carbocycles. The minimum absolute atomic E-state index is 0.0394. The molecule has 1 aromatic carbocycles. The van der Waals surface area contributed by atoms with E-state index >= 15 is 0 Å². The molecule has 0 atom stereocenters. The summed E-state index contributed by atoms with van der Waals surface area (Å²) in [5.41, 5.74) is 1.06. The highest BCUT2D eigenvalue weighted by Gasteiger charge is 2.39. The maximum Gasteiger partial charge on any atom is 0.248 e. The summed E-state index contributed by atoms with van der Waals surface area (Å²) < 4.78 is 39.5. The molecule has 4 rings (SSSR count). The summed E-state index contributed by atoms with van der Waals surface area (Å²) >= 11 is 0. The van der Waals surface area contributed by atoms with Gasteiger partial charge in [-0.2, -0.15) is 4.31 Å². The number of hydrogen-bond acceptors (Lipinski definition) is 7. The maximum atomic E-state index is 13.5. The summed E-state index contributed by atoms with van der Waals surface area (Å²) in [6.07, 6.45) is 5.82. The monoisotopic (exact) mass is 517 g/mol. The van der Waals surface area contributed by atoms with Crippen LogP contribution in [0.15, 0.2) is 41.6 Å². The number of methoxy groups -OCH3 is 1. The van der Waals surface area contributed by atoms with E-state index in [4.69, 9.17) is 9.47 Å². The van der Waals surface area contributed by atoms with E-state index in [0.717, 1.165) is 18.4 Å². The Hall–Kier alpha value is -2.53. The lowest BCUT2D eigenvalue weighted by Gasteiger charge is -2.38. The molecule has 1 aliphatic carbocycles. The van der Waals surface area contributed by atoms with Crippen molar-refractivity contribution < 1.29 is 27.8 Å². The molecular weight excluding hydrogens is 482 g/mol. The zero-order chi connectivity index (χ0) is 25.9. The number of sulfonamides is 1. The second-order valence-corrected chi connectivity index (χ2v) is 11.5. The maximum absolute atomic E-state index is 13.5. The van der Waals surface area contributed by atoms with Crippen molar-refractivity contribution in [2.24, 2.45) is 0 Å². The Kier molecular flexibility index (Phi) is 7.99. The highest BCUT2D eigenvalue weighted by Crippen LogP contribution is 2.35. The number of carbonyl (C=O) groups is 1. The minimum atomic E-state index is -3.72. The van der Waals surface area contributed by atoms with Crippen LogP contribution in [0, 0.1) is 13.8 Å². The van der Waals surface area contributed by atoms with Gasteiger partial charge in [-0.05, 0) is 68.9 Å². The number of likely N-dealkylation sites (tertiary alicyclic amines) is 1. The van der Waals surface area contributed by atoms with Crippen molar-refractivity contribution >= 4 is 15.9 Å². The second-order valence-electron chi connectivity index (χ2n) is 9.64. The normalized spacial score (nSPS) is 17.9. The predicted molar refractivity (Wildman–Crippen MR) is 134 cm³/mol. The molecule has 0 radical (unpaired) electrons. The zero-order valence-electron chi connectivity index (χ0n) is 21.1. The Morgan fingerprint density at radius 3 is 2.44 bits per heavy atom. The number of pyridine rings is 1. The molecule has 1 amide bonds. The number of rotatable bonds is 10. The molecule has 9 nitrogen and oxygen atoms in total. The van der Waals surface area contributed by atoms with Gasteiger partial charge in [0.1, 0.15) is 12.4 Å². The van der Waals surface area contributed by atoms with Crippen molar-refractivity contribution in [3.63, 3.8) is 0 Å².